The minimum atomic E-state index is 0.158. The maximum absolute atomic E-state index is 5.35. The first kappa shape index (κ1) is 18.8. The number of benzene rings is 2. The third kappa shape index (κ3) is 5.27. The first-order chi connectivity index (χ1) is 12.6. The van der Waals surface area contributed by atoms with E-state index in [2.05, 4.69) is 78.7 Å². The molecule has 0 amide bonds. The number of thiocarbonyl (C=S) groups is 1. The fraction of sp³-hybridized carbons (Fsp3) is 0.263. The van der Waals surface area contributed by atoms with Gasteiger partial charge in [0.1, 0.15) is 0 Å². The lowest BCUT2D eigenvalue weighted by molar-refractivity contribution is 0.250. The fourth-order valence-electron chi connectivity index (χ4n) is 3.02. The zero-order chi connectivity index (χ0) is 18.4. The maximum Gasteiger partial charge on any atom is 0.184 e. The number of hydrogen-bond acceptors (Lipinski definition) is 4. The first-order valence-corrected chi connectivity index (χ1v) is 9.71. The molecule has 2 aromatic rings. The predicted molar refractivity (Wildman–Crippen MR) is 116 cm³/mol. The molecule has 1 heterocycles. The number of anilines is 1. The highest BCUT2D eigenvalue weighted by Crippen LogP contribution is 2.28. The molecule has 1 aliphatic rings. The van der Waals surface area contributed by atoms with Crippen LogP contribution in [0.15, 0.2) is 58.1 Å². The van der Waals surface area contributed by atoms with Crippen molar-refractivity contribution in [1.82, 2.24) is 10.3 Å². The zero-order valence-electron chi connectivity index (χ0n) is 14.4. The molecule has 1 saturated heterocycles. The standard InChI is InChI=1S/C19H22BrN5S/c20-17-12-16(13-22-23-19(21)26)6-7-18(17)25-10-8-24(9-11-25)14-15-4-2-1-3-5-15/h1-7,12-13H,8-11,14H2,(H3,21,23,26)/b22-13+. The zero-order valence-corrected chi connectivity index (χ0v) is 16.8. The van der Waals surface area contributed by atoms with Crippen molar-refractivity contribution in [2.24, 2.45) is 10.8 Å². The number of hydrogen-bond donors (Lipinski definition) is 2. The normalized spacial score (nSPS) is 15.3. The molecule has 0 unspecified atom stereocenters. The van der Waals surface area contributed by atoms with Gasteiger partial charge in [0.2, 0.25) is 0 Å². The van der Waals surface area contributed by atoms with Crippen molar-refractivity contribution in [3.8, 4) is 0 Å². The average molecular weight is 432 g/mol. The number of rotatable bonds is 5. The van der Waals surface area contributed by atoms with E-state index in [0.717, 1.165) is 42.8 Å². The monoisotopic (exact) mass is 431 g/mol. The molecule has 0 bridgehead atoms. The molecule has 3 N–H and O–H groups in total. The van der Waals surface area contributed by atoms with Crippen LogP contribution in [0.3, 0.4) is 0 Å². The van der Waals surface area contributed by atoms with Crippen LogP contribution in [0.5, 0.6) is 0 Å². The number of nitrogens with zero attached hydrogens (tertiary/aromatic N) is 3. The van der Waals surface area contributed by atoms with Crippen molar-refractivity contribution in [2.75, 3.05) is 31.1 Å². The predicted octanol–water partition coefficient (Wildman–Crippen LogP) is 2.94. The molecular formula is C19H22BrN5S. The molecule has 0 aliphatic carbocycles. The van der Waals surface area contributed by atoms with Gasteiger partial charge in [-0.1, -0.05) is 36.4 Å². The Kier molecular flexibility index (Phi) is 6.60. The van der Waals surface area contributed by atoms with Gasteiger partial charge in [-0.25, -0.2) is 0 Å². The lowest BCUT2D eigenvalue weighted by Crippen LogP contribution is -2.46. The van der Waals surface area contributed by atoms with Crippen LogP contribution in [0.25, 0.3) is 0 Å². The summed E-state index contributed by atoms with van der Waals surface area (Å²) >= 11 is 8.41. The summed E-state index contributed by atoms with van der Waals surface area (Å²) in [5.41, 5.74) is 11.5. The van der Waals surface area contributed by atoms with E-state index in [0.29, 0.717) is 0 Å². The van der Waals surface area contributed by atoms with Gasteiger partial charge in [0.05, 0.1) is 11.9 Å². The summed E-state index contributed by atoms with van der Waals surface area (Å²) in [6.07, 6.45) is 1.70. The molecular weight excluding hydrogens is 410 g/mol. The minimum absolute atomic E-state index is 0.158. The molecule has 26 heavy (non-hydrogen) atoms. The summed E-state index contributed by atoms with van der Waals surface area (Å²) in [6, 6.07) is 16.9. The van der Waals surface area contributed by atoms with Gasteiger partial charge in [-0.3, -0.25) is 10.3 Å². The summed E-state index contributed by atoms with van der Waals surface area (Å²) < 4.78 is 1.06. The van der Waals surface area contributed by atoms with E-state index in [4.69, 9.17) is 18.0 Å². The second-order valence-corrected chi connectivity index (χ2v) is 7.49. The molecule has 5 nitrogen and oxygen atoms in total. The summed E-state index contributed by atoms with van der Waals surface area (Å²) in [7, 11) is 0. The van der Waals surface area contributed by atoms with Crippen LogP contribution >= 0.6 is 28.1 Å². The van der Waals surface area contributed by atoms with Crippen LogP contribution in [0.2, 0.25) is 0 Å². The van der Waals surface area contributed by atoms with Gasteiger partial charge in [-0.2, -0.15) is 5.10 Å². The van der Waals surface area contributed by atoms with Crippen LogP contribution in [-0.2, 0) is 6.54 Å². The van der Waals surface area contributed by atoms with Gasteiger partial charge in [-0.15, -0.1) is 0 Å². The number of nitrogens with one attached hydrogen (secondary N) is 1. The molecule has 7 heteroatoms. The Balaban J connectivity index is 1.57. The Morgan fingerprint density at radius 2 is 1.88 bits per heavy atom. The lowest BCUT2D eigenvalue weighted by atomic mass is 10.1. The van der Waals surface area contributed by atoms with E-state index < -0.39 is 0 Å². The number of piperazine rings is 1. The molecule has 0 aromatic heterocycles. The maximum atomic E-state index is 5.35. The summed E-state index contributed by atoms with van der Waals surface area (Å²) in [4.78, 5) is 4.92. The van der Waals surface area contributed by atoms with Crippen molar-refractivity contribution in [3.63, 3.8) is 0 Å². The highest BCUT2D eigenvalue weighted by atomic mass is 79.9. The van der Waals surface area contributed by atoms with Crippen LogP contribution in [0.1, 0.15) is 11.1 Å². The second kappa shape index (κ2) is 9.12. The fourth-order valence-corrected chi connectivity index (χ4v) is 3.72. The molecule has 136 valence electrons. The summed E-state index contributed by atoms with van der Waals surface area (Å²) in [6.45, 7) is 5.16. The SMILES string of the molecule is NC(=S)N/N=C/c1ccc(N2CCN(Cc3ccccc3)CC2)c(Br)c1. The second-order valence-electron chi connectivity index (χ2n) is 6.19. The van der Waals surface area contributed by atoms with E-state index >= 15 is 0 Å². The number of hydrazone groups is 1. The van der Waals surface area contributed by atoms with E-state index in [1.165, 1.54) is 11.3 Å². The third-order valence-electron chi connectivity index (χ3n) is 4.32. The lowest BCUT2D eigenvalue weighted by Gasteiger charge is -2.36. The van der Waals surface area contributed by atoms with E-state index in [1.807, 2.05) is 6.07 Å². The Labute approximate surface area is 168 Å². The third-order valence-corrected chi connectivity index (χ3v) is 5.05. The van der Waals surface area contributed by atoms with Gasteiger partial charge < -0.3 is 10.6 Å². The average Bonchev–Trinajstić information content (AvgIpc) is 2.63. The largest absolute Gasteiger partial charge is 0.375 e. The Bertz CT molecular complexity index is 773. The Morgan fingerprint density at radius 3 is 2.54 bits per heavy atom. The van der Waals surface area contributed by atoms with Gasteiger partial charge in [0.15, 0.2) is 5.11 Å². The van der Waals surface area contributed by atoms with Gasteiger partial charge in [0, 0.05) is 37.2 Å². The summed E-state index contributed by atoms with van der Waals surface area (Å²) in [5, 5.41) is 4.15. The molecule has 1 fully saturated rings. The van der Waals surface area contributed by atoms with Crippen molar-refractivity contribution in [3.05, 3.63) is 64.1 Å². The topological polar surface area (TPSA) is 56.9 Å². The quantitative estimate of drug-likeness (QED) is 0.432. The van der Waals surface area contributed by atoms with Crippen molar-refractivity contribution in [2.45, 2.75) is 6.54 Å². The summed E-state index contributed by atoms with van der Waals surface area (Å²) in [5.74, 6) is 0. The Morgan fingerprint density at radius 1 is 1.15 bits per heavy atom. The van der Waals surface area contributed by atoms with Gasteiger partial charge in [-0.05, 0) is 51.4 Å². The van der Waals surface area contributed by atoms with E-state index in [-0.39, 0.29) is 5.11 Å². The van der Waals surface area contributed by atoms with Crippen molar-refractivity contribution in [1.29, 1.82) is 0 Å². The smallest absolute Gasteiger partial charge is 0.184 e. The van der Waals surface area contributed by atoms with Crippen molar-refractivity contribution >= 4 is 45.2 Å². The van der Waals surface area contributed by atoms with Crippen LogP contribution in [-0.4, -0.2) is 42.4 Å². The molecule has 0 spiro atoms. The molecule has 3 rings (SSSR count). The molecule has 0 atom stereocenters. The number of nitrogens with two attached hydrogens (primary N) is 1. The molecule has 1 aliphatic heterocycles. The van der Waals surface area contributed by atoms with E-state index in [9.17, 15) is 0 Å². The highest BCUT2D eigenvalue weighted by Gasteiger charge is 2.18. The molecule has 2 aromatic carbocycles. The minimum Gasteiger partial charge on any atom is -0.375 e. The van der Waals surface area contributed by atoms with Crippen LogP contribution in [0, 0.1) is 0 Å². The van der Waals surface area contributed by atoms with Gasteiger partial charge >= 0.3 is 0 Å². The van der Waals surface area contributed by atoms with Gasteiger partial charge in [0.25, 0.3) is 0 Å². The number of halogens is 1. The molecule has 0 saturated carbocycles. The van der Waals surface area contributed by atoms with Crippen LogP contribution < -0.4 is 16.1 Å². The van der Waals surface area contributed by atoms with E-state index in [1.54, 1.807) is 6.21 Å². The highest BCUT2D eigenvalue weighted by molar-refractivity contribution is 9.10. The van der Waals surface area contributed by atoms with Crippen molar-refractivity contribution < 1.29 is 0 Å². The first-order valence-electron chi connectivity index (χ1n) is 8.51. The van der Waals surface area contributed by atoms with Crippen LogP contribution in [0.4, 0.5) is 5.69 Å². The molecule has 0 radical (unpaired) electrons. The Hall–Kier alpha value is -1.96.